The Labute approximate surface area is 108 Å². The van der Waals surface area contributed by atoms with Gasteiger partial charge in [0.25, 0.3) is 0 Å². The summed E-state index contributed by atoms with van der Waals surface area (Å²) in [4.78, 5) is 4.37. The molecule has 0 saturated heterocycles. The molecule has 0 saturated carbocycles. The van der Waals surface area contributed by atoms with Gasteiger partial charge in [-0.3, -0.25) is 0 Å². The molecule has 1 aromatic heterocycles. The third-order valence-electron chi connectivity index (χ3n) is 2.96. The van der Waals surface area contributed by atoms with E-state index in [0.29, 0.717) is 5.89 Å². The number of methoxy groups -OCH3 is 1. The quantitative estimate of drug-likeness (QED) is 0.803. The van der Waals surface area contributed by atoms with Crippen molar-refractivity contribution < 1.29 is 9.15 Å². The Kier molecular flexibility index (Phi) is 3.16. The molecule has 1 aromatic carbocycles. The Balaban J connectivity index is 2.56. The minimum Gasteiger partial charge on any atom is -0.496 e. The second-order valence-electron chi connectivity index (χ2n) is 5.42. The van der Waals surface area contributed by atoms with Gasteiger partial charge in [-0.15, -0.1) is 0 Å². The topological polar surface area (TPSA) is 35.3 Å². The Bertz CT molecular complexity index is 550. The van der Waals surface area contributed by atoms with E-state index in [1.54, 1.807) is 13.4 Å². The van der Waals surface area contributed by atoms with E-state index < -0.39 is 0 Å². The molecule has 0 bridgehead atoms. The molecule has 0 fully saturated rings. The lowest BCUT2D eigenvalue weighted by molar-refractivity contribution is 0.415. The van der Waals surface area contributed by atoms with E-state index in [1.165, 1.54) is 5.56 Å². The summed E-state index contributed by atoms with van der Waals surface area (Å²) < 4.78 is 10.7. The van der Waals surface area contributed by atoms with Crippen LogP contribution in [0.4, 0.5) is 0 Å². The van der Waals surface area contributed by atoms with Crippen LogP contribution < -0.4 is 4.74 Å². The maximum atomic E-state index is 5.39. The fourth-order valence-electron chi connectivity index (χ4n) is 1.86. The van der Waals surface area contributed by atoms with E-state index in [9.17, 15) is 0 Å². The van der Waals surface area contributed by atoms with Crippen molar-refractivity contribution in [3.05, 3.63) is 35.9 Å². The Hall–Kier alpha value is -1.77. The van der Waals surface area contributed by atoms with Gasteiger partial charge in [-0.05, 0) is 23.1 Å². The third-order valence-corrected chi connectivity index (χ3v) is 2.96. The van der Waals surface area contributed by atoms with Crippen molar-refractivity contribution in [3.8, 4) is 17.0 Å². The van der Waals surface area contributed by atoms with Crippen LogP contribution in [0.1, 0.15) is 32.2 Å². The summed E-state index contributed by atoms with van der Waals surface area (Å²) in [7, 11) is 1.67. The smallest absolute Gasteiger partial charge is 0.191 e. The van der Waals surface area contributed by atoms with Gasteiger partial charge in [0.05, 0.1) is 7.11 Å². The summed E-state index contributed by atoms with van der Waals surface area (Å²) >= 11 is 0. The minimum atomic E-state index is 0.0970. The molecule has 0 atom stereocenters. The molecule has 0 aliphatic carbocycles. The first-order valence-corrected chi connectivity index (χ1v) is 6.03. The number of hydrogen-bond acceptors (Lipinski definition) is 3. The van der Waals surface area contributed by atoms with Gasteiger partial charge in [-0.2, -0.15) is 0 Å². The molecule has 2 aromatic rings. The summed E-state index contributed by atoms with van der Waals surface area (Å²) in [5.74, 6) is 1.48. The van der Waals surface area contributed by atoms with Crippen LogP contribution in [0.5, 0.6) is 5.75 Å². The maximum absolute atomic E-state index is 5.39. The molecule has 0 unspecified atom stereocenters. The van der Waals surface area contributed by atoms with Crippen LogP contribution in [0.2, 0.25) is 0 Å². The summed E-state index contributed by atoms with van der Waals surface area (Å²) in [6.07, 6.45) is 1.67. The van der Waals surface area contributed by atoms with E-state index in [1.807, 2.05) is 13.0 Å². The lowest BCUT2D eigenvalue weighted by Gasteiger charge is -2.20. The van der Waals surface area contributed by atoms with Crippen LogP contribution in [0.15, 0.2) is 28.9 Å². The predicted octanol–water partition coefficient (Wildman–Crippen LogP) is 3.96. The molecule has 18 heavy (non-hydrogen) atoms. The average molecular weight is 245 g/mol. The van der Waals surface area contributed by atoms with Crippen molar-refractivity contribution >= 4 is 0 Å². The normalized spacial score (nSPS) is 11.6. The van der Waals surface area contributed by atoms with Gasteiger partial charge in [-0.1, -0.05) is 26.8 Å². The molecule has 0 aliphatic heterocycles. The van der Waals surface area contributed by atoms with Crippen LogP contribution in [-0.2, 0) is 5.41 Å². The van der Waals surface area contributed by atoms with Gasteiger partial charge >= 0.3 is 0 Å². The van der Waals surface area contributed by atoms with Crippen molar-refractivity contribution in [3.63, 3.8) is 0 Å². The lowest BCUT2D eigenvalue weighted by Crippen LogP contribution is -2.11. The average Bonchev–Trinajstić information content (AvgIpc) is 2.73. The van der Waals surface area contributed by atoms with Gasteiger partial charge in [0.2, 0.25) is 0 Å². The standard InChI is InChI=1S/C15H19NO2/c1-10-16-13(9-18-10)12-8-11(15(2,3)4)6-7-14(12)17-5/h6-9H,1-5H3. The summed E-state index contributed by atoms with van der Waals surface area (Å²) in [5, 5.41) is 0. The first-order valence-electron chi connectivity index (χ1n) is 6.03. The molecular weight excluding hydrogens is 226 g/mol. The Morgan fingerprint density at radius 2 is 1.94 bits per heavy atom. The Morgan fingerprint density at radius 1 is 1.22 bits per heavy atom. The number of oxazole rings is 1. The molecule has 0 aliphatic rings. The molecule has 2 rings (SSSR count). The molecule has 0 radical (unpaired) electrons. The summed E-state index contributed by atoms with van der Waals surface area (Å²) in [5.41, 5.74) is 3.14. The van der Waals surface area contributed by atoms with Gasteiger partial charge in [0.1, 0.15) is 17.7 Å². The molecule has 0 amide bonds. The summed E-state index contributed by atoms with van der Waals surface area (Å²) in [6.45, 7) is 8.40. The zero-order valence-electron chi connectivity index (χ0n) is 11.6. The van der Waals surface area contributed by atoms with E-state index in [2.05, 4.69) is 37.9 Å². The van der Waals surface area contributed by atoms with Crippen LogP contribution >= 0.6 is 0 Å². The highest BCUT2D eigenvalue weighted by Gasteiger charge is 2.17. The fourth-order valence-corrected chi connectivity index (χ4v) is 1.86. The van der Waals surface area contributed by atoms with Crippen LogP contribution in [0.25, 0.3) is 11.3 Å². The fraction of sp³-hybridized carbons (Fsp3) is 0.400. The van der Waals surface area contributed by atoms with E-state index in [4.69, 9.17) is 9.15 Å². The van der Waals surface area contributed by atoms with Gasteiger partial charge < -0.3 is 9.15 Å². The SMILES string of the molecule is COc1ccc(C(C)(C)C)cc1-c1coc(C)n1. The third kappa shape index (κ3) is 2.40. The Morgan fingerprint density at radius 3 is 2.44 bits per heavy atom. The molecule has 0 spiro atoms. The zero-order valence-corrected chi connectivity index (χ0v) is 11.6. The van der Waals surface area contributed by atoms with Crippen LogP contribution in [0, 0.1) is 6.92 Å². The van der Waals surface area contributed by atoms with Crippen molar-refractivity contribution in [2.45, 2.75) is 33.1 Å². The second-order valence-corrected chi connectivity index (χ2v) is 5.42. The highest BCUT2D eigenvalue weighted by Crippen LogP contribution is 2.34. The molecule has 0 N–H and O–H groups in total. The highest BCUT2D eigenvalue weighted by molar-refractivity contribution is 5.67. The number of benzene rings is 1. The number of aromatic nitrogens is 1. The first kappa shape index (κ1) is 12.7. The number of rotatable bonds is 2. The largest absolute Gasteiger partial charge is 0.496 e. The van der Waals surface area contributed by atoms with Crippen molar-refractivity contribution in [1.29, 1.82) is 0 Å². The van der Waals surface area contributed by atoms with Gasteiger partial charge in [-0.25, -0.2) is 4.98 Å². The maximum Gasteiger partial charge on any atom is 0.191 e. The minimum absolute atomic E-state index is 0.0970. The van der Waals surface area contributed by atoms with Gasteiger partial charge in [0.15, 0.2) is 5.89 Å². The van der Waals surface area contributed by atoms with Crippen molar-refractivity contribution in [1.82, 2.24) is 4.98 Å². The molecule has 1 heterocycles. The lowest BCUT2D eigenvalue weighted by atomic mass is 9.86. The molecular formula is C15H19NO2. The zero-order chi connectivity index (χ0) is 13.3. The first-order chi connectivity index (χ1) is 8.41. The monoisotopic (exact) mass is 245 g/mol. The van der Waals surface area contributed by atoms with Crippen LogP contribution in [0.3, 0.4) is 0 Å². The van der Waals surface area contributed by atoms with Gasteiger partial charge in [0, 0.05) is 12.5 Å². The van der Waals surface area contributed by atoms with Crippen molar-refractivity contribution in [2.75, 3.05) is 7.11 Å². The molecule has 96 valence electrons. The van der Waals surface area contributed by atoms with Crippen molar-refractivity contribution in [2.24, 2.45) is 0 Å². The second kappa shape index (κ2) is 4.48. The number of ether oxygens (including phenoxy) is 1. The number of nitrogens with zero attached hydrogens (tertiary/aromatic N) is 1. The van der Waals surface area contributed by atoms with Crippen LogP contribution in [-0.4, -0.2) is 12.1 Å². The molecule has 3 heteroatoms. The summed E-state index contributed by atoms with van der Waals surface area (Å²) in [6, 6.07) is 6.20. The molecule has 3 nitrogen and oxygen atoms in total. The number of aryl methyl sites for hydroxylation is 1. The predicted molar refractivity (Wildman–Crippen MR) is 71.9 cm³/mol. The van der Waals surface area contributed by atoms with E-state index in [-0.39, 0.29) is 5.41 Å². The highest BCUT2D eigenvalue weighted by atomic mass is 16.5. The number of hydrogen-bond donors (Lipinski definition) is 0. The van der Waals surface area contributed by atoms with E-state index >= 15 is 0 Å². The van der Waals surface area contributed by atoms with E-state index in [0.717, 1.165) is 17.0 Å².